The lowest BCUT2D eigenvalue weighted by molar-refractivity contribution is 0.0600. The molecule has 2 aromatic rings. The van der Waals surface area contributed by atoms with Gasteiger partial charge in [0.2, 0.25) is 0 Å². The molecule has 1 saturated carbocycles. The van der Waals surface area contributed by atoms with E-state index in [4.69, 9.17) is 16.3 Å². The summed E-state index contributed by atoms with van der Waals surface area (Å²) < 4.78 is 5.89. The number of nitrogens with one attached hydrogen (secondary N) is 1. The van der Waals surface area contributed by atoms with Crippen molar-refractivity contribution in [2.24, 2.45) is 0 Å². The van der Waals surface area contributed by atoms with E-state index in [0.29, 0.717) is 17.4 Å². The lowest BCUT2D eigenvalue weighted by Gasteiger charge is -2.24. The van der Waals surface area contributed by atoms with Crippen LogP contribution in [-0.2, 0) is 4.74 Å². The van der Waals surface area contributed by atoms with Crippen molar-refractivity contribution >= 4 is 23.3 Å². The molecule has 0 atom stereocenters. The highest BCUT2D eigenvalue weighted by Gasteiger charge is 2.19. The number of aromatic nitrogens is 2. The number of nitrogens with zero attached hydrogens (tertiary/aromatic N) is 2. The first-order valence-corrected chi connectivity index (χ1v) is 8.71. The zero-order valence-corrected chi connectivity index (χ0v) is 14.8. The largest absolute Gasteiger partial charge is 0.465 e. The third-order valence-electron chi connectivity index (χ3n) is 4.42. The van der Waals surface area contributed by atoms with Crippen molar-refractivity contribution in [3.63, 3.8) is 0 Å². The van der Waals surface area contributed by atoms with Gasteiger partial charge in [0, 0.05) is 6.04 Å². The Balaban J connectivity index is 1.96. The van der Waals surface area contributed by atoms with Gasteiger partial charge < -0.3 is 10.1 Å². The number of para-hydroxylation sites is 1. The molecule has 1 aliphatic rings. The number of esters is 1. The Bertz CT molecular complexity index is 829. The number of hydrogen-bond donors (Lipinski definition) is 1. The number of anilines is 1. The molecule has 25 heavy (non-hydrogen) atoms. The van der Waals surface area contributed by atoms with Gasteiger partial charge >= 0.3 is 5.97 Å². The average molecular weight is 362 g/mol. The number of benzene rings is 1. The summed E-state index contributed by atoms with van der Waals surface area (Å²) in [5.74, 6) is -0.537. The second kappa shape index (κ2) is 7.70. The van der Waals surface area contributed by atoms with Crippen LogP contribution in [0.5, 0.6) is 0 Å². The molecule has 3 rings (SSSR count). The Morgan fingerprint density at radius 3 is 2.72 bits per heavy atom. The van der Waals surface area contributed by atoms with Crippen molar-refractivity contribution < 1.29 is 9.53 Å². The highest BCUT2D eigenvalue weighted by molar-refractivity contribution is 6.33. The smallest absolute Gasteiger partial charge is 0.340 e. The molecule has 1 aromatic heterocycles. The van der Waals surface area contributed by atoms with Crippen molar-refractivity contribution in [2.75, 3.05) is 12.4 Å². The van der Waals surface area contributed by atoms with Gasteiger partial charge in [-0.25, -0.2) is 4.79 Å². The topological polar surface area (TPSA) is 73.2 Å². The summed E-state index contributed by atoms with van der Waals surface area (Å²) in [5, 5.41) is 7.59. The Morgan fingerprint density at radius 1 is 1.28 bits per heavy atom. The third kappa shape index (κ3) is 3.69. The molecule has 0 amide bonds. The van der Waals surface area contributed by atoms with Crippen LogP contribution in [0.3, 0.4) is 0 Å². The molecule has 1 fully saturated rings. The van der Waals surface area contributed by atoms with Crippen molar-refractivity contribution in [3.8, 4) is 5.69 Å². The maximum atomic E-state index is 12.7. The van der Waals surface area contributed by atoms with Crippen LogP contribution in [0.2, 0.25) is 5.02 Å². The van der Waals surface area contributed by atoms with E-state index in [9.17, 15) is 9.59 Å². The molecule has 1 heterocycles. The van der Waals surface area contributed by atoms with Crippen LogP contribution in [0.4, 0.5) is 5.69 Å². The molecule has 0 bridgehead atoms. The number of halogens is 1. The minimum absolute atomic E-state index is 0.0697. The summed E-state index contributed by atoms with van der Waals surface area (Å²) in [6, 6.07) is 6.94. The van der Waals surface area contributed by atoms with E-state index in [2.05, 4.69) is 10.4 Å². The summed E-state index contributed by atoms with van der Waals surface area (Å²) in [6.45, 7) is 0. The second-order valence-electron chi connectivity index (χ2n) is 6.08. The molecule has 0 unspecified atom stereocenters. The van der Waals surface area contributed by atoms with E-state index in [0.717, 1.165) is 17.5 Å². The fraction of sp³-hybridized carbons (Fsp3) is 0.389. The Labute approximate surface area is 150 Å². The molecular weight excluding hydrogens is 342 g/mol. The minimum atomic E-state index is -0.537. The van der Waals surface area contributed by atoms with Crippen LogP contribution < -0.4 is 10.9 Å². The van der Waals surface area contributed by atoms with E-state index in [1.54, 1.807) is 24.3 Å². The lowest BCUT2D eigenvalue weighted by atomic mass is 9.95. The SMILES string of the molecule is COC(=O)c1ccccc1-n1ncc(NC2CCCCC2)c(Cl)c1=O. The van der Waals surface area contributed by atoms with Crippen LogP contribution in [-0.4, -0.2) is 28.9 Å². The van der Waals surface area contributed by atoms with Crippen molar-refractivity contribution in [2.45, 2.75) is 38.1 Å². The van der Waals surface area contributed by atoms with Gasteiger partial charge in [-0.2, -0.15) is 9.78 Å². The first kappa shape index (κ1) is 17.5. The van der Waals surface area contributed by atoms with Crippen molar-refractivity contribution in [3.05, 3.63) is 51.4 Å². The molecule has 0 saturated heterocycles. The molecule has 6 nitrogen and oxygen atoms in total. The lowest BCUT2D eigenvalue weighted by Crippen LogP contribution is -2.27. The highest BCUT2D eigenvalue weighted by Crippen LogP contribution is 2.24. The van der Waals surface area contributed by atoms with Crippen LogP contribution in [0.15, 0.2) is 35.3 Å². The standard InChI is InChI=1S/C18H20ClN3O3/c1-25-18(24)13-9-5-6-10-15(13)22-17(23)16(19)14(11-20-22)21-12-7-3-2-4-8-12/h5-6,9-12,21H,2-4,7-8H2,1H3. The zero-order chi connectivity index (χ0) is 17.8. The van der Waals surface area contributed by atoms with Crippen molar-refractivity contribution in [1.29, 1.82) is 0 Å². The Kier molecular flexibility index (Phi) is 5.38. The van der Waals surface area contributed by atoms with Crippen LogP contribution in [0.1, 0.15) is 42.5 Å². The molecule has 0 aliphatic heterocycles. The first-order valence-electron chi connectivity index (χ1n) is 8.34. The molecule has 0 spiro atoms. The molecule has 1 N–H and O–H groups in total. The summed E-state index contributed by atoms with van der Waals surface area (Å²) in [7, 11) is 1.29. The van der Waals surface area contributed by atoms with Gasteiger partial charge in [-0.05, 0) is 25.0 Å². The number of methoxy groups -OCH3 is 1. The molecule has 132 valence electrons. The Hall–Kier alpha value is -2.34. The van der Waals surface area contributed by atoms with Gasteiger partial charge in [0.05, 0.1) is 30.2 Å². The van der Waals surface area contributed by atoms with Gasteiger partial charge in [-0.15, -0.1) is 0 Å². The van der Waals surface area contributed by atoms with Gasteiger partial charge in [-0.1, -0.05) is 43.0 Å². The van der Waals surface area contributed by atoms with Gasteiger partial charge in [0.1, 0.15) is 5.02 Å². The summed E-state index contributed by atoms with van der Waals surface area (Å²) in [5.41, 5.74) is 0.651. The van der Waals surface area contributed by atoms with Crippen molar-refractivity contribution in [1.82, 2.24) is 9.78 Å². The summed E-state index contributed by atoms with van der Waals surface area (Å²) >= 11 is 6.28. The molecular formula is C18H20ClN3O3. The number of carbonyl (C=O) groups excluding carboxylic acids is 1. The Morgan fingerprint density at radius 2 is 2.00 bits per heavy atom. The normalized spacial score (nSPS) is 15.0. The van der Waals surface area contributed by atoms with E-state index in [-0.39, 0.29) is 10.6 Å². The van der Waals surface area contributed by atoms with Gasteiger partial charge in [0.25, 0.3) is 5.56 Å². The molecule has 7 heteroatoms. The van der Waals surface area contributed by atoms with E-state index < -0.39 is 11.5 Å². The summed E-state index contributed by atoms with van der Waals surface area (Å²) in [6.07, 6.45) is 7.25. The monoisotopic (exact) mass is 361 g/mol. The number of hydrogen-bond acceptors (Lipinski definition) is 5. The predicted molar refractivity (Wildman–Crippen MR) is 96.7 cm³/mol. The van der Waals surface area contributed by atoms with E-state index in [1.807, 2.05) is 0 Å². The van der Waals surface area contributed by atoms with Crippen LogP contribution in [0.25, 0.3) is 5.69 Å². The zero-order valence-electron chi connectivity index (χ0n) is 14.0. The quantitative estimate of drug-likeness (QED) is 0.845. The molecule has 1 aromatic carbocycles. The maximum absolute atomic E-state index is 12.7. The van der Waals surface area contributed by atoms with Crippen LogP contribution >= 0.6 is 11.6 Å². The molecule has 1 aliphatic carbocycles. The molecule has 0 radical (unpaired) electrons. The number of ether oxygens (including phenoxy) is 1. The third-order valence-corrected chi connectivity index (χ3v) is 4.79. The maximum Gasteiger partial charge on any atom is 0.340 e. The average Bonchev–Trinajstić information content (AvgIpc) is 2.66. The van der Waals surface area contributed by atoms with E-state index >= 15 is 0 Å². The van der Waals surface area contributed by atoms with Gasteiger partial charge in [0.15, 0.2) is 0 Å². The number of rotatable bonds is 4. The fourth-order valence-corrected chi connectivity index (χ4v) is 3.30. The first-order chi connectivity index (χ1) is 12.1. The van der Waals surface area contributed by atoms with Crippen LogP contribution in [0, 0.1) is 0 Å². The number of carbonyl (C=O) groups is 1. The summed E-state index contributed by atoms with van der Waals surface area (Å²) in [4.78, 5) is 24.6. The van der Waals surface area contributed by atoms with E-state index in [1.165, 1.54) is 32.6 Å². The second-order valence-corrected chi connectivity index (χ2v) is 6.46. The minimum Gasteiger partial charge on any atom is -0.465 e. The highest BCUT2D eigenvalue weighted by atomic mass is 35.5. The predicted octanol–water partition coefficient (Wildman–Crippen LogP) is 3.42. The van der Waals surface area contributed by atoms with Gasteiger partial charge in [-0.3, -0.25) is 4.79 Å². The fourth-order valence-electron chi connectivity index (χ4n) is 3.11.